The summed E-state index contributed by atoms with van der Waals surface area (Å²) in [7, 11) is 0. The van der Waals surface area contributed by atoms with E-state index in [0.717, 1.165) is 105 Å². The van der Waals surface area contributed by atoms with Gasteiger partial charge >= 0.3 is 0 Å². The summed E-state index contributed by atoms with van der Waals surface area (Å²) in [6.45, 7) is 2.00. The average Bonchev–Trinajstić information content (AvgIpc) is 3.18. The zero-order valence-corrected chi connectivity index (χ0v) is 27.8. The van der Waals surface area contributed by atoms with E-state index in [1.54, 1.807) is 0 Å². The van der Waals surface area contributed by atoms with E-state index >= 15 is 0 Å². The molecule has 0 aliphatic carbocycles. The smallest absolute Gasteiger partial charge is 0.135 e. The maximum atomic E-state index is 10.2. The molecule has 8 aromatic carbocycles. The molecular formula is C48H29NO2. The second-order valence-electron chi connectivity index (χ2n) is 13.1. The van der Waals surface area contributed by atoms with Crippen molar-refractivity contribution in [3.05, 3.63) is 180 Å². The molecule has 10 rings (SSSR count). The summed E-state index contributed by atoms with van der Waals surface area (Å²) in [6, 6.07) is 53.1. The SMILES string of the molecule is C/C1=C\C=C(\c2c3ccccc3c(-c3ccc4c5c(cccc35)-c3ccccc3O4)c3cc(C#N)ccc23)c2cccc(c2)-c2ccccc2O1. The average molecular weight is 652 g/mol. The highest BCUT2D eigenvalue weighted by atomic mass is 16.5. The summed E-state index contributed by atoms with van der Waals surface area (Å²) in [4.78, 5) is 0. The van der Waals surface area contributed by atoms with Gasteiger partial charge in [0.1, 0.15) is 23.0 Å². The maximum absolute atomic E-state index is 10.2. The maximum Gasteiger partial charge on any atom is 0.135 e. The number of hydrogen-bond acceptors (Lipinski definition) is 3. The van der Waals surface area contributed by atoms with Gasteiger partial charge in [0, 0.05) is 16.5 Å². The minimum Gasteiger partial charge on any atom is -0.461 e. The van der Waals surface area contributed by atoms with E-state index < -0.39 is 0 Å². The van der Waals surface area contributed by atoms with Gasteiger partial charge in [-0.2, -0.15) is 5.26 Å². The number of benzene rings is 8. The number of para-hydroxylation sites is 2. The number of nitriles is 1. The van der Waals surface area contributed by atoms with Crippen LogP contribution in [0, 0.1) is 11.3 Å². The molecule has 2 aliphatic rings. The van der Waals surface area contributed by atoms with Crippen molar-refractivity contribution < 1.29 is 9.47 Å². The normalized spacial score (nSPS) is 15.0. The van der Waals surface area contributed by atoms with Crippen molar-refractivity contribution in [2.24, 2.45) is 0 Å². The molecule has 2 heterocycles. The first-order chi connectivity index (χ1) is 25.2. The highest BCUT2D eigenvalue weighted by molar-refractivity contribution is 6.23. The second kappa shape index (κ2) is 11.3. The lowest BCUT2D eigenvalue weighted by atomic mass is 9.81. The molecule has 3 nitrogen and oxygen atoms in total. The molecule has 0 unspecified atom stereocenters. The van der Waals surface area contributed by atoms with Gasteiger partial charge in [0.05, 0.1) is 11.6 Å². The Balaban J connectivity index is 1.30. The van der Waals surface area contributed by atoms with Gasteiger partial charge in [0.15, 0.2) is 0 Å². The fourth-order valence-electron chi connectivity index (χ4n) is 8.01. The first-order valence-corrected chi connectivity index (χ1v) is 17.1. The lowest BCUT2D eigenvalue weighted by Gasteiger charge is -2.24. The van der Waals surface area contributed by atoms with Gasteiger partial charge < -0.3 is 9.47 Å². The molecule has 3 heteroatoms. The summed E-state index contributed by atoms with van der Waals surface area (Å²) >= 11 is 0. The molecular weight excluding hydrogens is 623 g/mol. The molecule has 0 fully saturated rings. The van der Waals surface area contributed by atoms with Gasteiger partial charge in [-0.3, -0.25) is 0 Å². The summed E-state index contributed by atoms with van der Waals surface area (Å²) in [5.74, 6) is 3.35. The minimum atomic E-state index is 0.618. The molecule has 2 aliphatic heterocycles. The van der Waals surface area contributed by atoms with E-state index in [1.807, 2.05) is 37.3 Å². The van der Waals surface area contributed by atoms with Gasteiger partial charge in [-0.1, -0.05) is 109 Å². The summed E-state index contributed by atoms with van der Waals surface area (Å²) in [6.07, 6.45) is 4.24. The van der Waals surface area contributed by atoms with Gasteiger partial charge in [-0.15, -0.1) is 0 Å². The van der Waals surface area contributed by atoms with Crippen LogP contribution in [0.2, 0.25) is 0 Å². The highest BCUT2D eigenvalue weighted by Crippen LogP contribution is 2.51. The summed E-state index contributed by atoms with van der Waals surface area (Å²) in [5.41, 5.74) is 10.5. The first kappa shape index (κ1) is 29.1. The molecule has 0 saturated carbocycles. The Morgan fingerprint density at radius 1 is 0.451 bits per heavy atom. The zero-order valence-electron chi connectivity index (χ0n) is 27.8. The van der Waals surface area contributed by atoms with E-state index in [4.69, 9.17) is 9.47 Å². The van der Waals surface area contributed by atoms with Crippen LogP contribution >= 0.6 is 0 Å². The zero-order chi connectivity index (χ0) is 34.1. The van der Waals surface area contributed by atoms with Crippen LogP contribution in [0.5, 0.6) is 17.2 Å². The number of rotatable bonds is 2. The first-order valence-electron chi connectivity index (χ1n) is 17.1. The third kappa shape index (κ3) is 4.51. The quantitative estimate of drug-likeness (QED) is 0.175. The second-order valence-corrected chi connectivity index (χ2v) is 13.1. The van der Waals surface area contributed by atoms with Crippen LogP contribution in [0.25, 0.3) is 71.3 Å². The number of nitrogens with zero attached hydrogens (tertiary/aromatic N) is 1. The molecule has 0 radical (unpaired) electrons. The van der Waals surface area contributed by atoms with E-state index in [2.05, 4.69) is 133 Å². The van der Waals surface area contributed by atoms with Crippen molar-refractivity contribution >= 4 is 37.9 Å². The fourth-order valence-corrected chi connectivity index (χ4v) is 8.01. The number of hydrogen-bond donors (Lipinski definition) is 0. The predicted molar refractivity (Wildman–Crippen MR) is 208 cm³/mol. The van der Waals surface area contributed by atoms with Gasteiger partial charge in [-0.25, -0.2) is 0 Å². The Morgan fingerprint density at radius 2 is 1.12 bits per heavy atom. The molecule has 51 heavy (non-hydrogen) atoms. The molecule has 0 aromatic heterocycles. The standard InChI is InChI=1S/C48H29NO2/c1-29-20-22-34(32-11-8-10-31(27-32)33-12-4-6-18-43(33)50-29)46-37-14-2-3-15-38(37)47(42-26-30(28-49)21-23-41(42)46)40-24-25-45-48-36(16-9-17-39(40)48)35-13-5-7-19-44(35)51-45/h2-27H,1H3/b29-20+,34-22+. The van der Waals surface area contributed by atoms with Crippen LogP contribution in [0.3, 0.4) is 0 Å². The van der Waals surface area contributed by atoms with Crippen molar-refractivity contribution in [1.29, 1.82) is 5.26 Å². The Kier molecular flexibility index (Phi) is 6.46. The van der Waals surface area contributed by atoms with Gasteiger partial charge in [-0.05, 0) is 121 Å². The van der Waals surface area contributed by atoms with E-state index in [1.165, 1.54) is 0 Å². The lowest BCUT2D eigenvalue weighted by Crippen LogP contribution is -2.00. The Hall–Kier alpha value is -6.89. The Bertz CT molecular complexity index is 2890. The van der Waals surface area contributed by atoms with Gasteiger partial charge in [0.2, 0.25) is 0 Å². The Labute approximate surface area is 295 Å². The van der Waals surface area contributed by atoms with Crippen LogP contribution in [-0.2, 0) is 0 Å². The van der Waals surface area contributed by atoms with Crippen molar-refractivity contribution in [3.8, 4) is 56.7 Å². The van der Waals surface area contributed by atoms with Gasteiger partial charge in [0.25, 0.3) is 0 Å². The molecule has 0 N–H and O–H groups in total. The molecule has 2 bridgehead atoms. The lowest BCUT2D eigenvalue weighted by molar-refractivity contribution is 0.429. The van der Waals surface area contributed by atoms with Crippen molar-refractivity contribution in [2.75, 3.05) is 0 Å². The number of allylic oxidation sites excluding steroid dienone is 3. The van der Waals surface area contributed by atoms with Crippen molar-refractivity contribution in [1.82, 2.24) is 0 Å². The van der Waals surface area contributed by atoms with Crippen LogP contribution < -0.4 is 9.47 Å². The highest BCUT2D eigenvalue weighted by Gasteiger charge is 2.25. The molecule has 8 aromatic rings. The van der Waals surface area contributed by atoms with E-state index in [9.17, 15) is 5.26 Å². The molecule has 0 saturated heterocycles. The fraction of sp³-hybridized carbons (Fsp3) is 0.0208. The minimum absolute atomic E-state index is 0.618. The van der Waals surface area contributed by atoms with Crippen LogP contribution in [-0.4, -0.2) is 0 Å². The molecule has 0 amide bonds. The monoisotopic (exact) mass is 651 g/mol. The Morgan fingerprint density at radius 3 is 1.96 bits per heavy atom. The predicted octanol–water partition coefficient (Wildman–Crippen LogP) is 12.9. The van der Waals surface area contributed by atoms with Crippen molar-refractivity contribution in [2.45, 2.75) is 6.92 Å². The summed E-state index contributed by atoms with van der Waals surface area (Å²) < 4.78 is 12.9. The largest absolute Gasteiger partial charge is 0.461 e. The van der Waals surface area contributed by atoms with E-state index in [-0.39, 0.29) is 0 Å². The number of ether oxygens (including phenoxy) is 2. The van der Waals surface area contributed by atoms with Crippen LogP contribution in [0.1, 0.15) is 23.6 Å². The third-order valence-corrected chi connectivity index (χ3v) is 10.2. The van der Waals surface area contributed by atoms with E-state index in [0.29, 0.717) is 5.56 Å². The van der Waals surface area contributed by atoms with Crippen molar-refractivity contribution in [3.63, 3.8) is 0 Å². The van der Waals surface area contributed by atoms with Crippen LogP contribution in [0.4, 0.5) is 0 Å². The number of fused-ring (bicyclic) bond motifs is 8. The summed E-state index contributed by atoms with van der Waals surface area (Å²) in [5, 5.41) is 16.8. The topological polar surface area (TPSA) is 42.2 Å². The molecule has 0 spiro atoms. The van der Waals surface area contributed by atoms with Crippen LogP contribution in [0.15, 0.2) is 164 Å². The molecule has 238 valence electrons. The molecule has 0 atom stereocenters. The third-order valence-electron chi connectivity index (χ3n) is 10.2.